The van der Waals surface area contributed by atoms with Crippen molar-refractivity contribution in [2.75, 3.05) is 12.4 Å². The van der Waals surface area contributed by atoms with E-state index in [0.29, 0.717) is 12.2 Å². The van der Waals surface area contributed by atoms with Gasteiger partial charge in [-0.2, -0.15) is 0 Å². The lowest BCUT2D eigenvalue weighted by molar-refractivity contribution is -0.384. The summed E-state index contributed by atoms with van der Waals surface area (Å²) in [5.74, 6) is -0.245. The summed E-state index contributed by atoms with van der Waals surface area (Å²) < 4.78 is 0.980. The van der Waals surface area contributed by atoms with Gasteiger partial charge in [-0.1, -0.05) is 45.7 Å². The molecule has 132 valence electrons. The average Bonchev–Trinajstić information content (AvgIpc) is 2.57. The van der Waals surface area contributed by atoms with E-state index >= 15 is 0 Å². The van der Waals surface area contributed by atoms with Crippen LogP contribution in [0.25, 0.3) is 0 Å². The van der Waals surface area contributed by atoms with Gasteiger partial charge in [0.1, 0.15) is 0 Å². The Kier molecular flexibility index (Phi) is 6.52. The minimum atomic E-state index is -0.536. The molecule has 0 saturated carbocycles. The largest absolute Gasteiger partial charge is 0.323 e. The van der Waals surface area contributed by atoms with Crippen LogP contribution in [-0.4, -0.2) is 28.8 Å². The molecule has 2 aromatic rings. The van der Waals surface area contributed by atoms with E-state index in [-0.39, 0.29) is 16.6 Å². The Hall–Kier alpha value is -1.96. The number of amides is 1. The van der Waals surface area contributed by atoms with Crippen molar-refractivity contribution >= 4 is 44.8 Å². The molecule has 2 rings (SSSR count). The zero-order valence-corrected chi connectivity index (χ0v) is 16.0. The van der Waals surface area contributed by atoms with Gasteiger partial charge in [-0.15, -0.1) is 0 Å². The van der Waals surface area contributed by atoms with Gasteiger partial charge in [0.05, 0.1) is 21.7 Å². The van der Waals surface area contributed by atoms with E-state index in [4.69, 9.17) is 11.6 Å². The second-order valence-corrected chi connectivity index (χ2v) is 6.85. The van der Waals surface area contributed by atoms with Crippen molar-refractivity contribution in [1.29, 1.82) is 0 Å². The van der Waals surface area contributed by atoms with Crippen LogP contribution in [0.3, 0.4) is 0 Å². The number of likely N-dealkylation sites (N-methyl/N-ethyl adjacent to an activating group) is 1. The molecule has 0 heterocycles. The highest BCUT2D eigenvalue weighted by molar-refractivity contribution is 9.10. The fraction of sp³-hybridized carbons (Fsp3) is 0.235. The quantitative estimate of drug-likeness (QED) is 0.546. The minimum absolute atomic E-state index is 0.123. The topological polar surface area (TPSA) is 75.5 Å². The predicted octanol–water partition coefficient (Wildman–Crippen LogP) is 4.47. The molecule has 0 aliphatic heterocycles. The molecule has 1 atom stereocenters. The van der Waals surface area contributed by atoms with Gasteiger partial charge < -0.3 is 5.32 Å². The van der Waals surface area contributed by atoms with Crippen LogP contribution in [-0.2, 0) is 11.3 Å². The number of nitro benzene ring substituents is 1. The maximum Gasteiger partial charge on any atom is 0.271 e. The van der Waals surface area contributed by atoms with Crippen LogP contribution < -0.4 is 5.32 Å². The van der Waals surface area contributed by atoms with Crippen LogP contribution in [0.4, 0.5) is 11.4 Å². The number of rotatable bonds is 6. The van der Waals surface area contributed by atoms with Gasteiger partial charge in [-0.25, -0.2) is 0 Å². The number of carbonyl (C=O) groups excluding carboxylic acids is 1. The first kappa shape index (κ1) is 19.4. The molecule has 0 aliphatic carbocycles. The maximum absolute atomic E-state index is 12.4. The Morgan fingerprint density at radius 1 is 1.36 bits per heavy atom. The Labute approximate surface area is 159 Å². The molecule has 0 saturated heterocycles. The summed E-state index contributed by atoms with van der Waals surface area (Å²) in [4.78, 5) is 24.5. The van der Waals surface area contributed by atoms with Crippen LogP contribution in [0.15, 0.2) is 46.9 Å². The van der Waals surface area contributed by atoms with Crippen molar-refractivity contribution in [3.63, 3.8) is 0 Å². The Morgan fingerprint density at radius 3 is 2.64 bits per heavy atom. The van der Waals surface area contributed by atoms with E-state index in [0.717, 1.165) is 10.0 Å². The lowest BCUT2D eigenvalue weighted by Crippen LogP contribution is -2.39. The second kappa shape index (κ2) is 8.42. The summed E-state index contributed by atoms with van der Waals surface area (Å²) in [6.07, 6.45) is 0. The van der Waals surface area contributed by atoms with Crippen molar-refractivity contribution in [3.05, 3.63) is 67.6 Å². The molecule has 1 amide bonds. The number of nitrogens with one attached hydrogen (secondary N) is 1. The lowest BCUT2D eigenvalue weighted by Gasteiger charge is -2.24. The predicted molar refractivity (Wildman–Crippen MR) is 102 cm³/mol. The molecular formula is C17H17BrClN3O3. The van der Waals surface area contributed by atoms with Crippen LogP contribution in [0.1, 0.15) is 12.5 Å². The van der Waals surface area contributed by atoms with Gasteiger partial charge in [0.15, 0.2) is 0 Å². The third-order valence-electron chi connectivity index (χ3n) is 3.84. The van der Waals surface area contributed by atoms with Gasteiger partial charge in [0.25, 0.3) is 5.69 Å². The Balaban J connectivity index is 2.04. The molecule has 0 fully saturated rings. The highest BCUT2D eigenvalue weighted by Gasteiger charge is 2.20. The number of hydrogen-bond donors (Lipinski definition) is 1. The molecule has 25 heavy (non-hydrogen) atoms. The normalized spacial score (nSPS) is 12.0. The maximum atomic E-state index is 12.4. The molecule has 8 heteroatoms. The fourth-order valence-electron chi connectivity index (χ4n) is 2.19. The van der Waals surface area contributed by atoms with Gasteiger partial charge >= 0.3 is 0 Å². The van der Waals surface area contributed by atoms with Crippen LogP contribution in [0.2, 0.25) is 5.02 Å². The minimum Gasteiger partial charge on any atom is -0.323 e. The van der Waals surface area contributed by atoms with Crippen molar-refractivity contribution in [3.8, 4) is 0 Å². The summed E-state index contributed by atoms with van der Waals surface area (Å²) in [5.41, 5.74) is 1.29. The van der Waals surface area contributed by atoms with Crippen LogP contribution in [0.5, 0.6) is 0 Å². The van der Waals surface area contributed by atoms with E-state index in [1.807, 2.05) is 36.2 Å². The van der Waals surface area contributed by atoms with E-state index in [9.17, 15) is 14.9 Å². The van der Waals surface area contributed by atoms with E-state index < -0.39 is 11.0 Å². The smallest absolute Gasteiger partial charge is 0.271 e. The number of non-ortho nitro benzene ring substituents is 1. The number of anilines is 1. The van der Waals surface area contributed by atoms with Crippen molar-refractivity contribution in [2.45, 2.75) is 19.5 Å². The summed E-state index contributed by atoms with van der Waals surface area (Å²) in [6, 6.07) is 11.3. The van der Waals surface area contributed by atoms with Crippen molar-refractivity contribution < 1.29 is 9.72 Å². The van der Waals surface area contributed by atoms with Crippen molar-refractivity contribution in [2.24, 2.45) is 0 Å². The summed E-state index contributed by atoms with van der Waals surface area (Å²) in [5, 5.41) is 13.6. The van der Waals surface area contributed by atoms with Crippen molar-refractivity contribution in [1.82, 2.24) is 4.90 Å². The molecule has 1 unspecified atom stereocenters. The standard InChI is InChI=1S/C17H17BrClN3O3/c1-11(21(2)10-12-5-3-4-6-14(12)18)17(23)20-16-8-7-13(22(24)25)9-15(16)19/h3-9,11H,10H2,1-2H3,(H,20,23). The molecule has 6 nitrogen and oxygen atoms in total. The highest BCUT2D eigenvalue weighted by Crippen LogP contribution is 2.27. The first-order chi connectivity index (χ1) is 11.8. The molecule has 0 bridgehead atoms. The second-order valence-electron chi connectivity index (χ2n) is 5.59. The number of hydrogen-bond acceptors (Lipinski definition) is 4. The van der Waals surface area contributed by atoms with Gasteiger partial charge in [0.2, 0.25) is 5.91 Å². The zero-order chi connectivity index (χ0) is 18.6. The summed E-state index contributed by atoms with van der Waals surface area (Å²) in [6.45, 7) is 2.37. The average molecular weight is 427 g/mol. The third kappa shape index (κ3) is 5.01. The fourth-order valence-corrected chi connectivity index (χ4v) is 2.82. The number of benzene rings is 2. The van der Waals surface area contributed by atoms with E-state index in [1.165, 1.54) is 18.2 Å². The molecule has 2 aromatic carbocycles. The lowest BCUT2D eigenvalue weighted by atomic mass is 10.2. The highest BCUT2D eigenvalue weighted by atomic mass is 79.9. The van der Waals surface area contributed by atoms with Gasteiger partial charge in [-0.3, -0.25) is 19.8 Å². The molecular weight excluding hydrogens is 410 g/mol. The summed E-state index contributed by atoms with van der Waals surface area (Å²) >= 11 is 9.51. The number of nitrogens with zero attached hydrogens (tertiary/aromatic N) is 2. The first-order valence-corrected chi connectivity index (χ1v) is 8.65. The number of halogens is 2. The molecule has 0 aromatic heterocycles. The number of carbonyl (C=O) groups is 1. The summed E-state index contributed by atoms with van der Waals surface area (Å²) in [7, 11) is 1.85. The SMILES string of the molecule is CC(C(=O)Nc1ccc([N+](=O)[O-])cc1Cl)N(C)Cc1ccccc1Br. The molecule has 0 spiro atoms. The Bertz CT molecular complexity index is 800. The van der Waals surface area contributed by atoms with Gasteiger partial charge in [-0.05, 0) is 31.7 Å². The van der Waals surface area contributed by atoms with Crippen LogP contribution in [0, 0.1) is 10.1 Å². The zero-order valence-electron chi connectivity index (χ0n) is 13.7. The number of nitro groups is 1. The van der Waals surface area contributed by atoms with Gasteiger partial charge in [0, 0.05) is 23.2 Å². The molecule has 1 N–H and O–H groups in total. The van der Waals surface area contributed by atoms with E-state index in [2.05, 4.69) is 21.2 Å². The molecule has 0 radical (unpaired) electrons. The van der Waals surface area contributed by atoms with E-state index in [1.54, 1.807) is 6.92 Å². The Morgan fingerprint density at radius 2 is 2.04 bits per heavy atom. The third-order valence-corrected chi connectivity index (χ3v) is 4.93. The first-order valence-electron chi connectivity index (χ1n) is 7.48. The molecule has 0 aliphatic rings. The van der Waals surface area contributed by atoms with Crippen LogP contribution >= 0.6 is 27.5 Å². The monoisotopic (exact) mass is 425 g/mol.